The molecule has 0 aromatic rings. The van der Waals surface area contributed by atoms with Crippen LogP contribution in [0, 0.1) is 11.8 Å². The molecule has 24 heavy (non-hydrogen) atoms. The second-order valence-corrected chi connectivity index (χ2v) is 6.08. The Hall–Kier alpha value is -2.04. The first-order chi connectivity index (χ1) is 11.5. The summed E-state index contributed by atoms with van der Waals surface area (Å²) in [5.41, 5.74) is 2.87. The van der Waals surface area contributed by atoms with Crippen LogP contribution in [0.25, 0.3) is 0 Å². The van der Waals surface area contributed by atoms with Gasteiger partial charge < -0.3 is 10.2 Å². The molecule has 0 radical (unpaired) electrons. The van der Waals surface area contributed by atoms with E-state index in [0.29, 0.717) is 24.0 Å². The van der Waals surface area contributed by atoms with E-state index in [4.69, 9.17) is 0 Å². The maximum absolute atomic E-state index is 12.1. The molecule has 4 nitrogen and oxygen atoms in total. The fourth-order valence-corrected chi connectivity index (χ4v) is 2.99. The maximum atomic E-state index is 12.1. The molecule has 0 heterocycles. The molecular formula is C20H24O4. The Bertz CT molecular complexity index is 608. The van der Waals surface area contributed by atoms with Gasteiger partial charge in [-0.15, -0.1) is 0 Å². The fraction of sp³-hybridized carbons (Fsp3) is 0.400. The van der Waals surface area contributed by atoms with Gasteiger partial charge in [0, 0.05) is 23.0 Å². The van der Waals surface area contributed by atoms with E-state index in [2.05, 4.69) is 0 Å². The van der Waals surface area contributed by atoms with Crippen LogP contribution in [0.4, 0.5) is 0 Å². The van der Waals surface area contributed by atoms with Gasteiger partial charge in [-0.25, -0.2) is 0 Å². The molecule has 4 heteroatoms. The largest absolute Gasteiger partial charge is 0.396 e. The number of allylic oxidation sites excluding steroid dienone is 8. The van der Waals surface area contributed by atoms with E-state index in [1.165, 1.54) is 12.2 Å². The molecule has 2 atom stereocenters. The van der Waals surface area contributed by atoms with E-state index < -0.39 is 0 Å². The lowest BCUT2D eigenvalue weighted by atomic mass is 9.84. The number of carbonyl (C=O) groups excluding carboxylic acids is 2. The van der Waals surface area contributed by atoms with Crippen molar-refractivity contribution in [2.45, 2.75) is 26.7 Å². The Labute approximate surface area is 142 Å². The van der Waals surface area contributed by atoms with Crippen molar-refractivity contribution in [2.24, 2.45) is 11.8 Å². The second-order valence-electron chi connectivity index (χ2n) is 6.08. The fourth-order valence-electron chi connectivity index (χ4n) is 2.99. The van der Waals surface area contributed by atoms with Crippen molar-refractivity contribution in [2.75, 3.05) is 13.2 Å². The molecule has 0 amide bonds. The summed E-state index contributed by atoms with van der Waals surface area (Å²) >= 11 is 0. The summed E-state index contributed by atoms with van der Waals surface area (Å²) < 4.78 is 0. The highest BCUT2D eigenvalue weighted by Crippen LogP contribution is 2.29. The van der Waals surface area contributed by atoms with Gasteiger partial charge in [-0.2, -0.15) is 0 Å². The third-order valence-corrected chi connectivity index (χ3v) is 4.66. The Morgan fingerprint density at radius 3 is 1.42 bits per heavy atom. The van der Waals surface area contributed by atoms with E-state index >= 15 is 0 Å². The van der Waals surface area contributed by atoms with Crippen LogP contribution in [0.1, 0.15) is 26.7 Å². The quantitative estimate of drug-likeness (QED) is 0.785. The normalized spacial score (nSPS) is 23.2. The smallest absolute Gasteiger partial charge is 0.182 e. The van der Waals surface area contributed by atoms with E-state index in [-0.39, 0.29) is 36.6 Å². The third-order valence-electron chi connectivity index (χ3n) is 4.66. The monoisotopic (exact) mass is 328 g/mol. The molecule has 2 unspecified atom stereocenters. The molecule has 2 aliphatic carbocycles. The Balaban J connectivity index is 2.47. The van der Waals surface area contributed by atoms with Crippen molar-refractivity contribution in [1.82, 2.24) is 0 Å². The molecule has 0 bridgehead atoms. The summed E-state index contributed by atoms with van der Waals surface area (Å²) in [7, 11) is 0. The summed E-state index contributed by atoms with van der Waals surface area (Å²) in [4.78, 5) is 24.2. The summed E-state index contributed by atoms with van der Waals surface area (Å²) in [6.07, 6.45) is 11.5. The molecule has 128 valence electrons. The summed E-state index contributed by atoms with van der Waals surface area (Å²) in [5, 5.41) is 18.9. The lowest BCUT2D eigenvalue weighted by molar-refractivity contribution is -0.112. The number of hydrogen-bond acceptors (Lipinski definition) is 4. The minimum Gasteiger partial charge on any atom is -0.396 e. The number of aliphatic hydroxyl groups excluding tert-OH is 2. The molecule has 0 saturated heterocycles. The van der Waals surface area contributed by atoms with Gasteiger partial charge in [0.1, 0.15) is 0 Å². The first-order valence-corrected chi connectivity index (χ1v) is 8.39. The lowest BCUT2D eigenvalue weighted by Crippen LogP contribution is -2.18. The zero-order chi connectivity index (χ0) is 17.7. The van der Waals surface area contributed by atoms with Crippen LogP contribution in [0.5, 0.6) is 0 Å². The van der Waals surface area contributed by atoms with E-state index in [1.54, 1.807) is 24.3 Å². The van der Waals surface area contributed by atoms with Gasteiger partial charge in [-0.3, -0.25) is 9.59 Å². The Kier molecular flexibility index (Phi) is 6.23. The summed E-state index contributed by atoms with van der Waals surface area (Å²) in [6, 6.07) is 0. The zero-order valence-electron chi connectivity index (χ0n) is 14.2. The van der Waals surface area contributed by atoms with Gasteiger partial charge >= 0.3 is 0 Å². The van der Waals surface area contributed by atoms with Crippen LogP contribution in [-0.2, 0) is 9.59 Å². The van der Waals surface area contributed by atoms with Crippen LogP contribution in [-0.4, -0.2) is 35.0 Å². The molecule has 0 saturated carbocycles. The predicted molar refractivity (Wildman–Crippen MR) is 93.2 cm³/mol. The third kappa shape index (κ3) is 3.71. The molecule has 2 rings (SSSR count). The van der Waals surface area contributed by atoms with Gasteiger partial charge in [0.2, 0.25) is 0 Å². The lowest BCUT2D eigenvalue weighted by Gasteiger charge is -2.20. The highest BCUT2D eigenvalue weighted by molar-refractivity contribution is 6.08. The standard InChI is InChI=1S/C20H24O4/c1-3-13(11-21)17-9-15(5-7-19(17)23)16-6-8-20(24)18(10-16)14(4-2)12-22/h5-10,13-14,21-22H,3-4,11-12H2,1-2H3. The highest BCUT2D eigenvalue weighted by atomic mass is 16.3. The molecular weight excluding hydrogens is 304 g/mol. The van der Waals surface area contributed by atoms with E-state index in [1.807, 2.05) is 13.8 Å². The van der Waals surface area contributed by atoms with Gasteiger partial charge in [0.25, 0.3) is 0 Å². The van der Waals surface area contributed by atoms with Crippen molar-refractivity contribution >= 4 is 11.6 Å². The van der Waals surface area contributed by atoms with Crippen molar-refractivity contribution in [3.8, 4) is 0 Å². The van der Waals surface area contributed by atoms with Crippen molar-refractivity contribution in [1.29, 1.82) is 0 Å². The van der Waals surface area contributed by atoms with E-state index in [0.717, 1.165) is 11.1 Å². The first-order valence-electron chi connectivity index (χ1n) is 8.39. The van der Waals surface area contributed by atoms with Crippen molar-refractivity contribution in [3.63, 3.8) is 0 Å². The minimum absolute atomic E-state index is 0.0671. The van der Waals surface area contributed by atoms with Crippen LogP contribution >= 0.6 is 0 Å². The molecule has 2 N–H and O–H groups in total. The maximum Gasteiger partial charge on any atom is 0.182 e. The highest BCUT2D eigenvalue weighted by Gasteiger charge is 2.23. The van der Waals surface area contributed by atoms with Crippen molar-refractivity contribution < 1.29 is 19.8 Å². The second kappa shape index (κ2) is 8.18. The molecule has 0 aliphatic heterocycles. The van der Waals surface area contributed by atoms with Gasteiger partial charge in [-0.1, -0.05) is 26.0 Å². The van der Waals surface area contributed by atoms with Crippen LogP contribution in [0.3, 0.4) is 0 Å². The van der Waals surface area contributed by atoms with Crippen molar-refractivity contribution in [3.05, 3.63) is 58.7 Å². The van der Waals surface area contributed by atoms with Crippen LogP contribution < -0.4 is 0 Å². The Morgan fingerprint density at radius 1 is 0.750 bits per heavy atom. The number of ketones is 2. The first kappa shape index (κ1) is 18.3. The molecule has 0 aromatic carbocycles. The van der Waals surface area contributed by atoms with Crippen LogP contribution in [0.15, 0.2) is 58.7 Å². The average molecular weight is 328 g/mol. The van der Waals surface area contributed by atoms with Gasteiger partial charge in [-0.05, 0) is 48.3 Å². The number of carbonyl (C=O) groups is 2. The van der Waals surface area contributed by atoms with Crippen LogP contribution in [0.2, 0.25) is 0 Å². The molecule has 0 fully saturated rings. The van der Waals surface area contributed by atoms with Gasteiger partial charge in [0.05, 0.1) is 13.2 Å². The Morgan fingerprint density at radius 2 is 1.12 bits per heavy atom. The zero-order valence-corrected chi connectivity index (χ0v) is 14.2. The van der Waals surface area contributed by atoms with E-state index in [9.17, 15) is 19.8 Å². The molecule has 0 aromatic heterocycles. The minimum atomic E-state index is -0.184. The SMILES string of the molecule is CCC(CO)C1=CC(=C2C=CC(=O)C(C(CC)CO)=C2)C=CC1=O. The summed E-state index contributed by atoms with van der Waals surface area (Å²) in [6.45, 7) is 3.74. The topological polar surface area (TPSA) is 74.6 Å². The average Bonchev–Trinajstić information content (AvgIpc) is 2.60. The predicted octanol–water partition coefficient (Wildman–Crippen LogP) is 2.45. The summed E-state index contributed by atoms with van der Waals surface area (Å²) in [5.74, 6) is -0.530. The molecule has 0 spiro atoms. The number of hydrogen-bond donors (Lipinski definition) is 2. The van der Waals surface area contributed by atoms with Gasteiger partial charge in [0.15, 0.2) is 11.6 Å². The molecule has 2 aliphatic rings. The number of aliphatic hydroxyl groups is 2. The number of rotatable bonds is 6.